The highest BCUT2D eigenvalue weighted by Gasteiger charge is 2.61. The average molecular weight is 373 g/mol. The van der Waals surface area contributed by atoms with Gasteiger partial charge in [0.1, 0.15) is 0 Å². The molecule has 150 valence electrons. The fourth-order valence-corrected chi connectivity index (χ4v) is 5.79. The van der Waals surface area contributed by atoms with E-state index in [1.807, 2.05) is 0 Å². The Labute approximate surface area is 164 Å². The summed E-state index contributed by atoms with van der Waals surface area (Å²) in [5, 5.41) is 10.5. The number of hydrogen-bond acceptors (Lipinski definition) is 4. The van der Waals surface area contributed by atoms with Gasteiger partial charge in [-0.25, -0.2) is 0 Å². The zero-order chi connectivity index (χ0) is 19.1. The first kappa shape index (κ1) is 19.2. The molecule has 1 N–H and O–H groups in total. The number of aliphatic hydroxyl groups is 1. The van der Waals surface area contributed by atoms with Crippen molar-refractivity contribution in [3.63, 3.8) is 0 Å². The van der Waals surface area contributed by atoms with E-state index < -0.39 is 0 Å². The van der Waals surface area contributed by atoms with Gasteiger partial charge in [0.25, 0.3) is 0 Å². The Hall–Kier alpha value is -1.10. The van der Waals surface area contributed by atoms with Crippen LogP contribution in [-0.4, -0.2) is 61.5 Å². The van der Waals surface area contributed by atoms with Gasteiger partial charge in [-0.05, 0) is 48.1 Å². The number of para-hydroxylation sites is 1. The van der Waals surface area contributed by atoms with Crippen LogP contribution < -0.4 is 4.90 Å². The number of ether oxygens (including phenoxy) is 1. The maximum absolute atomic E-state index is 10.5. The predicted octanol–water partition coefficient (Wildman–Crippen LogP) is 3.40. The largest absolute Gasteiger partial charge is 0.389 e. The molecule has 1 heterocycles. The number of piperazine rings is 1. The Balaban J connectivity index is 1.21. The first-order valence-electron chi connectivity index (χ1n) is 10.7. The Morgan fingerprint density at radius 3 is 2.41 bits per heavy atom. The highest BCUT2D eigenvalue weighted by atomic mass is 16.5. The number of aliphatic hydroxyl groups excluding tert-OH is 1. The van der Waals surface area contributed by atoms with Crippen LogP contribution in [0.5, 0.6) is 0 Å². The Bertz CT molecular complexity index is 627. The molecule has 4 rings (SSSR count). The van der Waals surface area contributed by atoms with Crippen molar-refractivity contribution < 1.29 is 9.84 Å². The second-order valence-electron chi connectivity index (χ2n) is 9.71. The van der Waals surface area contributed by atoms with Gasteiger partial charge < -0.3 is 14.7 Å². The molecule has 2 aliphatic carbocycles. The second kappa shape index (κ2) is 7.38. The lowest BCUT2D eigenvalue weighted by atomic mass is 9.70. The number of rotatable bonds is 6. The fourth-order valence-electron chi connectivity index (χ4n) is 5.79. The summed E-state index contributed by atoms with van der Waals surface area (Å²) in [4.78, 5) is 4.80. The minimum atomic E-state index is -0.390. The van der Waals surface area contributed by atoms with E-state index in [-0.39, 0.29) is 11.5 Å². The first-order valence-corrected chi connectivity index (χ1v) is 10.7. The SMILES string of the molecule is CC1(C)[C@H]2CC[C@@]1(C)[C@@H](OC[C@H](O)CN1CCN(c3ccccc3)CC1)C2. The summed E-state index contributed by atoms with van der Waals surface area (Å²) in [5.41, 5.74) is 1.95. The number of fused-ring (bicyclic) bond motifs is 2. The molecular weight excluding hydrogens is 336 g/mol. The predicted molar refractivity (Wildman–Crippen MR) is 110 cm³/mol. The van der Waals surface area contributed by atoms with Gasteiger partial charge in [-0.1, -0.05) is 39.0 Å². The van der Waals surface area contributed by atoms with Gasteiger partial charge in [0, 0.05) is 38.4 Å². The second-order valence-corrected chi connectivity index (χ2v) is 9.71. The molecule has 4 heteroatoms. The van der Waals surface area contributed by atoms with E-state index in [2.05, 4.69) is 60.9 Å². The first-order chi connectivity index (χ1) is 12.9. The Kier molecular flexibility index (Phi) is 5.26. The van der Waals surface area contributed by atoms with Crippen LogP contribution in [0.2, 0.25) is 0 Å². The van der Waals surface area contributed by atoms with Crippen LogP contribution >= 0.6 is 0 Å². The highest BCUT2D eigenvalue weighted by Crippen LogP contribution is 2.66. The topological polar surface area (TPSA) is 35.9 Å². The zero-order valence-corrected chi connectivity index (χ0v) is 17.2. The number of nitrogens with zero attached hydrogens (tertiary/aromatic N) is 2. The van der Waals surface area contributed by atoms with Crippen LogP contribution in [0, 0.1) is 16.7 Å². The van der Waals surface area contributed by atoms with Gasteiger partial charge >= 0.3 is 0 Å². The molecule has 0 aromatic heterocycles. The number of hydrogen-bond donors (Lipinski definition) is 1. The van der Waals surface area contributed by atoms with Crippen molar-refractivity contribution in [2.45, 2.75) is 52.2 Å². The molecule has 1 aromatic carbocycles. The van der Waals surface area contributed by atoms with E-state index in [0.29, 0.717) is 18.1 Å². The lowest BCUT2D eigenvalue weighted by Gasteiger charge is -2.39. The third-order valence-electron chi connectivity index (χ3n) is 8.17. The molecule has 3 aliphatic rings. The van der Waals surface area contributed by atoms with Crippen LogP contribution in [-0.2, 0) is 4.74 Å². The maximum Gasteiger partial charge on any atom is 0.0900 e. The van der Waals surface area contributed by atoms with Gasteiger partial charge in [0.2, 0.25) is 0 Å². The standard InChI is InChI=1S/C23H36N2O2/c1-22(2)18-9-10-23(22,3)21(15-18)27-17-20(26)16-24-11-13-25(14-12-24)19-7-5-4-6-8-19/h4-8,18,20-21,26H,9-17H2,1-3H3/t18-,20+,21-,23-/m0/s1. The van der Waals surface area contributed by atoms with Gasteiger partial charge in [-0.15, -0.1) is 0 Å². The van der Waals surface area contributed by atoms with Crippen molar-refractivity contribution in [3.05, 3.63) is 30.3 Å². The third kappa shape index (κ3) is 3.52. The highest BCUT2D eigenvalue weighted by molar-refractivity contribution is 5.46. The summed E-state index contributed by atoms with van der Waals surface area (Å²) in [6.45, 7) is 12.5. The molecule has 0 amide bonds. The molecule has 0 radical (unpaired) electrons. The van der Waals surface area contributed by atoms with Crippen LogP contribution in [0.15, 0.2) is 30.3 Å². The van der Waals surface area contributed by atoms with E-state index in [4.69, 9.17) is 4.74 Å². The van der Waals surface area contributed by atoms with Crippen molar-refractivity contribution in [3.8, 4) is 0 Å². The smallest absolute Gasteiger partial charge is 0.0900 e. The molecular formula is C23H36N2O2. The maximum atomic E-state index is 10.5. The molecule has 2 saturated carbocycles. The summed E-state index contributed by atoms with van der Waals surface area (Å²) in [6, 6.07) is 10.6. The van der Waals surface area contributed by atoms with Crippen LogP contribution in [0.3, 0.4) is 0 Å². The quantitative estimate of drug-likeness (QED) is 0.830. The number of anilines is 1. The minimum absolute atomic E-state index is 0.276. The molecule has 0 unspecified atom stereocenters. The van der Waals surface area contributed by atoms with E-state index >= 15 is 0 Å². The van der Waals surface area contributed by atoms with Gasteiger partial charge in [0.15, 0.2) is 0 Å². The van der Waals surface area contributed by atoms with Crippen molar-refractivity contribution in [2.24, 2.45) is 16.7 Å². The summed E-state index contributed by atoms with van der Waals surface area (Å²) >= 11 is 0. The van der Waals surface area contributed by atoms with Crippen molar-refractivity contribution in [1.29, 1.82) is 0 Å². The molecule has 1 aromatic rings. The molecule has 2 bridgehead atoms. The number of benzene rings is 1. The molecule has 1 aliphatic heterocycles. The minimum Gasteiger partial charge on any atom is -0.389 e. The average Bonchev–Trinajstić information content (AvgIpc) is 3.01. The Morgan fingerprint density at radius 2 is 1.81 bits per heavy atom. The van der Waals surface area contributed by atoms with Crippen LogP contribution in [0.4, 0.5) is 5.69 Å². The molecule has 3 fully saturated rings. The van der Waals surface area contributed by atoms with E-state index in [9.17, 15) is 5.11 Å². The van der Waals surface area contributed by atoms with E-state index in [1.54, 1.807) is 0 Å². The van der Waals surface area contributed by atoms with E-state index in [1.165, 1.54) is 24.9 Å². The lowest BCUT2D eigenvalue weighted by Crippen LogP contribution is -2.49. The van der Waals surface area contributed by atoms with Gasteiger partial charge in [-0.2, -0.15) is 0 Å². The molecule has 4 atom stereocenters. The van der Waals surface area contributed by atoms with E-state index in [0.717, 1.165) is 38.6 Å². The summed E-state index contributed by atoms with van der Waals surface area (Å²) in [5.74, 6) is 0.788. The Morgan fingerprint density at radius 1 is 1.11 bits per heavy atom. The van der Waals surface area contributed by atoms with Gasteiger partial charge in [0.05, 0.1) is 18.8 Å². The normalized spacial score (nSPS) is 34.1. The summed E-state index contributed by atoms with van der Waals surface area (Å²) < 4.78 is 6.28. The fraction of sp³-hybridized carbons (Fsp3) is 0.739. The van der Waals surface area contributed by atoms with Crippen LogP contribution in [0.1, 0.15) is 40.0 Å². The van der Waals surface area contributed by atoms with Crippen molar-refractivity contribution in [1.82, 2.24) is 4.90 Å². The summed E-state index contributed by atoms with van der Waals surface area (Å²) in [7, 11) is 0. The monoisotopic (exact) mass is 372 g/mol. The third-order valence-corrected chi connectivity index (χ3v) is 8.17. The van der Waals surface area contributed by atoms with Gasteiger partial charge in [-0.3, -0.25) is 4.90 Å². The van der Waals surface area contributed by atoms with Crippen LogP contribution in [0.25, 0.3) is 0 Å². The molecule has 4 nitrogen and oxygen atoms in total. The summed E-state index contributed by atoms with van der Waals surface area (Å²) in [6.07, 6.45) is 3.71. The zero-order valence-electron chi connectivity index (χ0n) is 17.2. The molecule has 1 saturated heterocycles. The van der Waals surface area contributed by atoms with Crippen molar-refractivity contribution in [2.75, 3.05) is 44.2 Å². The number of β-amino-alcohol motifs (C(OH)–C–C–N with tert-alkyl or cyclic N) is 1. The molecule has 27 heavy (non-hydrogen) atoms. The molecule has 0 spiro atoms. The van der Waals surface area contributed by atoms with Crippen molar-refractivity contribution >= 4 is 5.69 Å². The lowest BCUT2D eigenvalue weighted by molar-refractivity contribution is -0.0794.